The summed E-state index contributed by atoms with van der Waals surface area (Å²) >= 11 is 0. The van der Waals surface area contributed by atoms with Crippen LogP contribution in [-0.2, 0) is 16.0 Å². The lowest BCUT2D eigenvalue weighted by molar-refractivity contribution is -0.153. The minimum atomic E-state index is -0.508. The summed E-state index contributed by atoms with van der Waals surface area (Å²) in [5, 5.41) is 8.65. The zero-order valence-corrected chi connectivity index (χ0v) is 15.6. The molecule has 0 fully saturated rings. The van der Waals surface area contributed by atoms with Gasteiger partial charge in [-0.25, -0.2) is 0 Å². The smallest absolute Gasteiger partial charge is 0.325 e. The van der Waals surface area contributed by atoms with Crippen LogP contribution in [0.25, 0.3) is 0 Å². The monoisotopic (exact) mass is 348 g/mol. The number of rotatable bonds is 6. The molecule has 1 amide bonds. The number of carbonyl (C=O) groups excluding carboxylic acids is 2. The molecule has 138 valence electrons. The maximum Gasteiger partial charge on any atom is 0.325 e. The molecule has 25 heavy (non-hydrogen) atoms. The zero-order chi connectivity index (χ0) is 18.9. The minimum Gasteiger partial charge on any atom is -0.459 e. The van der Waals surface area contributed by atoms with Gasteiger partial charge in [-0.3, -0.25) is 14.6 Å². The second-order valence-corrected chi connectivity index (χ2v) is 6.47. The molecule has 3 N–H and O–H groups in total. The van der Waals surface area contributed by atoms with Gasteiger partial charge in [0.15, 0.2) is 5.96 Å². The Bertz CT molecular complexity index is 621. The second kappa shape index (κ2) is 9.66. The van der Waals surface area contributed by atoms with E-state index in [1.807, 2.05) is 39.0 Å². The molecule has 7 heteroatoms. The fraction of sp³-hybridized carbons (Fsp3) is 0.500. The van der Waals surface area contributed by atoms with E-state index in [2.05, 4.69) is 20.9 Å². The van der Waals surface area contributed by atoms with Crippen LogP contribution in [0.4, 0.5) is 0 Å². The number of nitrogens with zero attached hydrogens (tertiary/aromatic N) is 1. The van der Waals surface area contributed by atoms with E-state index in [0.717, 1.165) is 12.0 Å². The van der Waals surface area contributed by atoms with Gasteiger partial charge in [-0.2, -0.15) is 0 Å². The van der Waals surface area contributed by atoms with Crippen LogP contribution in [-0.4, -0.2) is 50.6 Å². The highest BCUT2D eigenvalue weighted by Crippen LogP contribution is 2.06. The Morgan fingerprint density at radius 3 is 2.52 bits per heavy atom. The first-order valence-corrected chi connectivity index (χ1v) is 8.22. The van der Waals surface area contributed by atoms with Crippen LogP contribution in [0.2, 0.25) is 0 Å². The fourth-order valence-corrected chi connectivity index (χ4v) is 2.09. The number of ether oxygens (including phenoxy) is 1. The van der Waals surface area contributed by atoms with E-state index < -0.39 is 5.60 Å². The largest absolute Gasteiger partial charge is 0.459 e. The average Bonchev–Trinajstić information content (AvgIpc) is 2.55. The van der Waals surface area contributed by atoms with Gasteiger partial charge in [0, 0.05) is 26.2 Å². The molecular weight excluding hydrogens is 320 g/mol. The highest BCUT2D eigenvalue weighted by atomic mass is 16.6. The summed E-state index contributed by atoms with van der Waals surface area (Å²) in [5.74, 6) is 0.0756. The van der Waals surface area contributed by atoms with Crippen molar-refractivity contribution in [3.05, 3.63) is 35.4 Å². The summed E-state index contributed by atoms with van der Waals surface area (Å²) in [6.45, 7) is 6.13. The lowest BCUT2D eigenvalue weighted by Gasteiger charge is -2.20. The third-order valence-corrected chi connectivity index (χ3v) is 3.17. The molecule has 0 unspecified atom stereocenters. The number of hydrogen-bond acceptors (Lipinski definition) is 4. The van der Waals surface area contributed by atoms with E-state index in [-0.39, 0.29) is 18.4 Å². The van der Waals surface area contributed by atoms with Crippen LogP contribution in [0.1, 0.15) is 36.7 Å². The topological polar surface area (TPSA) is 91.8 Å². The zero-order valence-electron chi connectivity index (χ0n) is 15.6. The van der Waals surface area contributed by atoms with Crippen LogP contribution < -0.4 is 16.0 Å². The number of guanidine groups is 1. The molecule has 0 saturated heterocycles. The first kappa shape index (κ1) is 20.5. The summed E-state index contributed by atoms with van der Waals surface area (Å²) in [6.07, 6.45) is 0.720. The molecule has 0 aromatic heterocycles. The standard InChI is InChI=1S/C18H28N4O3/c1-18(2,3)25-15(23)12-22-17(20-5)21-10-9-13-7-6-8-14(11-13)16(24)19-4/h6-8,11H,9-10,12H2,1-5H3,(H,19,24)(H2,20,21,22). The number of nitrogens with one attached hydrogen (secondary N) is 3. The van der Waals surface area contributed by atoms with Crippen molar-refractivity contribution in [3.8, 4) is 0 Å². The normalized spacial score (nSPS) is 11.6. The number of aliphatic imine (C=N–C) groups is 1. The van der Waals surface area contributed by atoms with Gasteiger partial charge in [0.05, 0.1) is 0 Å². The van der Waals surface area contributed by atoms with E-state index in [1.165, 1.54) is 0 Å². The van der Waals surface area contributed by atoms with Crippen LogP contribution >= 0.6 is 0 Å². The van der Waals surface area contributed by atoms with Crippen molar-refractivity contribution in [1.82, 2.24) is 16.0 Å². The number of benzene rings is 1. The second-order valence-electron chi connectivity index (χ2n) is 6.47. The minimum absolute atomic E-state index is 0.0447. The van der Waals surface area contributed by atoms with Crippen LogP contribution in [0.5, 0.6) is 0 Å². The first-order chi connectivity index (χ1) is 11.7. The van der Waals surface area contributed by atoms with E-state index >= 15 is 0 Å². The molecule has 0 aliphatic rings. The van der Waals surface area contributed by atoms with E-state index in [4.69, 9.17) is 4.74 Å². The number of hydrogen-bond donors (Lipinski definition) is 3. The first-order valence-electron chi connectivity index (χ1n) is 8.22. The molecule has 1 rings (SSSR count). The molecule has 0 atom stereocenters. The van der Waals surface area contributed by atoms with Gasteiger partial charge < -0.3 is 20.7 Å². The molecule has 0 heterocycles. The molecule has 0 spiro atoms. The Morgan fingerprint density at radius 1 is 1.20 bits per heavy atom. The molecule has 0 bridgehead atoms. The van der Waals surface area contributed by atoms with Crippen LogP contribution in [0.15, 0.2) is 29.3 Å². The van der Waals surface area contributed by atoms with Gasteiger partial charge >= 0.3 is 5.97 Å². The van der Waals surface area contributed by atoms with Crippen molar-refractivity contribution in [2.24, 2.45) is 4.99 Å². The molecular formula is C18H28N4O3. The van der Waals surface area contributed by atoms with Crippen molar-refractivity contribution < 1.29 is 14.3 Å². The Morgan fingerprint density at radius 2 is 1.92 bits per heavy atom. The summed E-state index contributed by atoms with van der Waals surface area (Å²) in [4.78, 5) is 27.4. The third-order valence-electron chi connectivity index (χ3n) is 3.17. The van der Waals surface area contributed by atoms with E-state index in [0.29, 0.717) is 18.1 Å². The molecule has 1 aromatic carbocycles. The predicted octanol–water partition coefficient (Wildman–Crippen LogP) is 1.10. The number of amides is 1. The Kier molecular flexibility index (Phi) is 7.91. The van der Waals surface area contributed by atoms with Gasteiger partial charge in [0.2, 0.25) is 0 Å². The van der Waals surface area contributed by atoms with Gasteiger partial charge in [-0.1, -0.05) is 12.1 Å². The van der Waals surface area contributed by atoms with Crippen LogP contribution in [0.3, 0.4) is 0 Å². The van der Waals surface area contributed by atoms with Crippen molar-refractivity contribution in [1.29, 1.82) is 0 Å². The van der Waals surface area contributed by atoms with Crippen molar-refractivity contribution in [2.75, 3.05) is 27.2 Å². The molecule has 0 saturated carbocycles. The van der Waals surface area contributed by atoms with Crippen molar-refractivity contribution >= 4 is 17.8 Å². The Balaban J connectivity index is 2.43. The number of esters is 1. The van der Waals surface area contributed by atoms with Gasteiger partial charge in [0.25, 0.3) is 5.91 Å². The predicted molar refractivity (Wildman–Crippen MR) is 98.7 cm³/mol. The number of carbonyl (C=O) groups is 2. The van der Waals surface area contributed by atoms with Gasteiger partial charge in [-0.05, 0) is 44.9 Å². The lowest BCUT2D eigenvalue weighted by Crippen LogP contribution is -2.42. The molecule has 0 aliphatic heterocycles. The fourth-order valence-electron chi connectivity index (χ4n) is 2.09. The third kappa shape index (κ3) is 8.19. The Labute approximate surface area is 149 Å². The van der Waals surface area contributed by atoms with Crippen molar-refractivity contribution in [2.45, 2.75) is 32.8 Å². The molecule has 0 radical (unpaired) electrons. The highest BCUT2D eigenvalue weighted by Gasteiger charge is 2.16. The summed E-state index contributed by atoms with van der Waals surface area (Å²) in [5.41, 5.74) is 1.16. The highest BCUT2D eigenvalue weighted by molar-refractivity contribution is 5.94. The van der Waals surface area contributed by atoms with E-state index in [1.54, 1.807) is 20.2 Å². The molecule has 7 nitrogen and oxygen atoms in total. The maximum atomic E-state index is 11.7. The molecule has 1 aromatic rings. The van der Waals surface area contributed by atoms with Gasteiger partial charge in [-0.15, -0.1) is 0 Å². The maximum absolute atomic E-state index is 11.7. The van der Waals surface area contributed by atoms with E-state index in [9.17, 15) is 9.59 Å². The summed E-state index contributed by atoms with van der Waals surface area (Å²) < 4.78 is 5.23. The summed E-state index contributed by atoms with van der Waals surface area (Å²) in [6, 6.07) is 7.45. The molecule has 0 aliphatic carbocycles. The lowest BCUT2D eigenvalue weighted by atomic mass is 10.1. The van der Waals surface area contributed by atoms with Crippen LogP contribution in [0, 0.1) is 0 Å². The Hall–Kier alpha value is -2.57. The SMILES string of the molecule is CN=C(NCCc1cccc(C(=O)NC)c1)NCC(=O)OC(C)(C)C. The quantitative estimate of drug-likeness (QED) is 0.407. The summed E-state index contributed by atoms with van der Waals surface area (Å²) in [7, 11) is 3.24. The average molecular weight is 348 g/mol. The van der Waals surface area contributed by atoms with Crippen molar-refractivity contribution in [3.63, 3.8) is 0 Å². The van der Waals surface area contributed by atoms with Gasteiger partial charge in [0.1, 0.15) is 12.1 Å².